The third-order valence-corrected chi connectivity index (χ3v) is 5.17. The fourth-order valence-electron chi connectivity index (χ4n) is 2.95. The van der Waals surface area contributed by atoms with Gasteiger partial charge in [-0.05, 0) is 23.6 Å². The van der Waals surface area contributed by atoms with E-state index < -0.39 is 11.5 Å². The lowest BCUT2D eigenvalue weighted by atomic mass is 10.2. The van der Waals surface area contributed by atoms with Gasteiger partial charge in [-0.1, -0.05) is 18.2 Å². The maximum Gasteiger partial charge on any atom is 0.326 e. The Morgan fingerprint density at radius 1 is 1.21 bits per heavy atom. The number of ether oxygens (including phenoxy) is 1. The van der Waals surface area contributed by atoms with Crippen molar-refractivity contribution in [3.8, 4) is 10.8 Å². The number of rotatable bonds is 5. The monoisotopic (exact) mass is 407 g/mol. The molecular weight excluding hydrogens is 394 g/mol. The van der Waals surface area contributed by atoms with E-state index in [4.69, 9.17) is 13.6 Å². The summed E-state index contributed by atoms with van der Waals surface area (Å²) >= 11 is 1.50. The van der Waals surface area contributed by atoms with Crippen LogP contribution in [0.25, 0.3) is 32.8 Å². The van der Waals surface area contributed by atoms with Gasteiger partial charge in [-0.15, -0.1) is 11.3 Å². The molecule has 4 heterocycles. The minimum absolute atomic E-state index is 0.0528. The van der Waals surface area contributed by atoms with Crippen LogP contribution in [0, 0.1) is 0 Å². The van der Waals surface area contributed by atoms with Crippen LogP contribution in [-0.2, 0) is 22.7 Å². The van der Waals surface area contributed by atoms with Gasteiger partial charge < -0.3 is 13.6 Å². The minimum Gasteiger partial charge on any atom is -0.458 e. The van der Waals surface area contributed by atoms with Crippen LogP contribution in [0.15, 0.2) is 68.0 Å². The second-order valence-corrected chi connectivity index (χ2v) is 7.18. The van der Waals surface area contributed by atoms with Crippen molar-refractivity contribution in [3.05, 3.63) is 70.4 Å². The van der Waals surface area contributed by atoms with E-state index in [1.807, 2.05) is 35.7 Å². The predicted octanol–water partition coefficient (Wildman–Crippen LogP) is 3.60. The van der Waals surface area contributed by atoms with E-state index in [1.54, 1.807) is 6.07 Å². The second-order valence-electron chi connectivity index (χ2n) is 6.24. The van der Waals surface area contributed by atoms with Gasteiger partial charge in [0.1, 0.15) is 36.2 Å². The van der Waals surface area contributed by atoms with Crippen molar-refractivity contribution in [2.45, 2.75) is 13.2 Å². The number of hydrogen-bond acceptors (Lipinski definition) is 8. The van der Waals surface area contributed by atoms with E-state index in [9.17, 15) is 9.59 Å². The van der Waals surface area contributed by atoms with Gasteiger partial charge in [-0.2, -0.15) is 0 Å². The molecule has 144 valence electrons. The topological polar surface area (TPSA) is 100 Å². The molecule has 0 aliphatic carbocycles. The van der Waals surface area contributed by atoms with Gasteiger partial charge in [0.15, 0.2) is 0 Å². The van der Waals surface area contributed by atoms with Crippen molar-refractivity contribution in [1.82, 2.24) is 14.5 Å². The first-order valence-corrected chi connectivity index (χ1v) is 9.57. The zero-order valence-electron chi connectivity index (χ0n) is 14.9. The van der Waals surface area contributed by atoms with Gasteiger partial charge in [0.05, 0.1) is 11.2 Å². The second kappa shape index (κ2) is 7.02. The third-order valence-electron chi connectivity index (χ3n) is 4.31. The predicted molar refractivity (Wildman–Crippen MR) is 105 cm³/mol. The summed E-state index contributed by atoms with van der Waals surface area (Å²) in [6.07, 6.45) is 2.76. The van der Waals surface area contributed by atoms with Crippen LogP contribution < -0.4 is 5.56 Å². The highest BCUT2D eigenvalue weighted by Gasteiger charge is 2.15. The zero-order valence-corrected chi connectivity index (χ0v) is 15.7. The first-order valence-electron chi connectivity index (χ1n) is 8.69. The van der Waals surface area contributed by atoms with Crippen LogP contribution in [-0.4, -0.2) is 20.5 Å². The SMILES string of the molecule is O=C(Cn1cnc2c(oc3ccccc32)c1=O)OCc1coc(-c2cccs2)n1. The number of benzene rings is 1. The summed E-state index contributed by atoms with van der Waals surface area (Å²) < 4.78 is 17.4. The lowest BCUT2D eigenvalue weighted by molar-refractivity contribution is -0.145. The van der Waals surface area contributed by atoms with Crippen LogP contribution in [0.3, 0.4) is 0 Å². The van der Waals surface area contributed by atoms with E-state index in [1.165, 1.54) is 23.9 Å². The average Bonchev–Trinajstić information content (AvgIpc) is 3.48. The van der Waals surface area contributed by atoms with Crippen LogP contribution in [0.5, 0.6) is 0 Å². The molecule has 0 aliphatic heterocycles. The highest BCUT2D eigenvalue weighted by Crippen LogP contribution is 2.25. The van der Waals surface area contributed by atoms with Crippen LogP contribution in [0.4, 0.5) is 0 Å². The summed E-state index contributed by atoms with van der Waals surface area (Å²) in [5.74, 6) is -0.119. The van der Waals surface area contributed by atoms with E-state index in [-0.39, 0.29) is 18.7 Å². The van der Waals surface area contributed by atoms with E-state index in [2.05, 4.69) is 9.97 Å². The van der Waals surface area contributed by atoms with E-state index >= 15 is 0 Å². The number of carbonyl (C=O) groups excluding carboxylic acids is 1. The Morgan fingerprint density at radius 2 is 2.10 bits per heavy atom. The molecule has 0 aliphatic rings. The number of para-hydroxylation sites is 1. The highest BCUT2D eigenvalue weighted by atomic mass is 32.1. The number of fused-ring (bicyclic) bond motifs is 3. The summed E-state index contributed by atoms with van der Waals surface area (Å²) in [5, 5.41) is 2.67. The molecule has 0 radical (unpaired) electrons. The number of esters is 1. The Kier molecular flexibility index (Phi) is 4.21. The van der Waals surface area contributed by atoms with Gasteiger partial charge in [0.2, 0.25) is 11.5 Å². The fraction of sp³-hybridized carbons (Fsp3) is 0.100. The Hall–Kier alpha value is -3.72. The Balaban J connectivity index is 1.30. The van der Waals surface area contributed by atoms with Crippen LogP contribution in [0.2, 0.25) is 0 Å². The molecule has 0 amide bonds. The van der Waals surface area contributed by atoms with E-state index in [0.29, 0.717) is 22.7 Å². The summed E-state index contributed by atoms with van der Waals surface area (Å²) in [6.45, 7) is -0.336. The molecule has 0 saturated carbocycles. The van der Waals surface area contributed by atoms with Gasteiger partial charge >= 0.3 is 5.97 Å². The van der Waals surface area contributed by atoms with E-state index in [0.717, 1.165) is 14.8 Å². The van der Waals surface area contributed by atoms with Gasteiger partial charge in [-0.25, -0.2) is 9.97 Å². The largest absolute Gasteiger partial charge is 0.458 e. The zero-order chi connectivity index (χ0) is 19.8. The number of hydrogen-bond donors (Lipinski definition) is 0. The molecule has 5 rings (SSSR count). The fourth-order valence-corrected chi connectivity index (χ4v) is 3.61. The molecule has 4 aromatic heterocycles. The van der Waals surface area contributed by atoms with Crippen LogP contribution >= 0.6 is 11.3 Å². The Morgan fingerprint density at radius 3 is 2.97 bits per heavy atom. The number of aromatic nitrogens is 3. The summed E-state index contributed by atoms with van der Waals surface area (Å²) in [4.78, 5) is 34.3. The van der Waals surface area contributed by atoms with Crippen molar-refractivity contribution < 1.29 is 18.4 Å². The average molecular weight is 407 g/mol. The molecule has 0 bridgehead atoms. The number of oxazole rings is 1. The molecular formula is C20H13N3O5S. The molecule has 9 heteroatoms. The maximum atomic E-state index is 12.6. The molecule has 0 atom stereocenters. The quantitative estimate of drug-likeness (QED) is 0.410. The first kappa shape index (κ1) is 17.4. The number of thiophene rings is 1. The van der Waals surface area contributed by atoms with Crippen molar-refractivity contribution >= 4 is 39.4 Å². The molecule has 0 N–H and O–H groups in total. The summed E-state index contributed by atoms with van der Waals surface area (Å²) in [6, 6.07) is 11.0. The number of nitrogens with zero attached hydrogens (tertiary/aromatic N) is 3. The molecule has 0 saturated heterocycles. The van der Waals surface area contributed by atoms with Crippen molar-refractivity contribution in [2.75, 3.05) is 0 Å². The highest BCUT2D eigenvalue weighted by molar-refractivity contribution is 7.13. The normalized spacial score (nSPS) is 11.3. The lowest BCUT2D eigenvalue weighted by Gasteiger charge is -2.05. The summed E-state index contributed by atoms with van der Waals surface area (Å²) in [5.41, 5.74) is 1.20. The number of furan rings is 1. The Bertz CT molecular complexity index is 1380. The molecule has 0 unspecified atom stereocenters. The standard InChI is InChI=1S/C20H13N3O5S/c24-16(26-9-12-10-27-19(22-12)15-6-3-7-29-15)8-23-11-21-17-13-4-1-2-5-14(13)28-18(17)20(23)25/h1-7,10-11H,8-9H2. The van der Waals surface area contributed by atoms with Crippen molar-refractivity contribution in [3.63, 3.8) is 0 Å². The maximum absolute atomic E-state index is 12.6. The molecule has 1 aromatic carbocycles. The van der Waals surface area contributed by atoms with Gasteiger partial charge in [-0.3, -0.25) is 14.2 Å². The van der Waals surface area contributed by atoms with Crippen molar-refractivity contribution in [1.29, 1.82) is 0 Å². The Labute approximate surface area is 167 Å². The van der Waals surface area contributed by atoms with Gasteiger partial charge in [0, 0.05) is 5.39 Å². The first-order chi connectivity index (χ1) is 14.2. The number of carbonyl (C=O) groups is 1. The smallest absolute Gasteiger partial charge is 0.326 e. The molecule has 0 spiro atoms. The van der Waals surface area contributed by atoms with Crippen molar-refractivity contribution in [2.24, 2.45) is 0 Å². The van der Waals surface area contributed by atoms with Gasteiger partial charge in [0.25, 0.3) is 5.56 Å². The summed E-state index contributed by atoms with van der Waals surface area (Å²) in [7, 11) is 0. The molecule has 29 heavy (non-hydrogen) atoms. The molecule has 5 aromatic rings. The lowest BCUT2D eigenvalue weighted by Crippen LogP contribution is -2.25. The molecule has 8 nitrogen and oxygen atoms in total. The minimum atomic E-state index is -0.593. The third kappa shape index (κ3) is 3.21. The van der Waals surface area contributed by atoms with Crippen LogP contribution in [0.1, 0.15) is 5.69 Å². The molecule has 0 fully saturated rings.